The van der Waals surface area contributed by atoms with Crippen molar-refractivity contribution in [1.82, 2.24) is 0 Å². The maximum Gasteiger partial charge on any atom is 0.127 e. The maximum atomic E-state index is 13.2. The van der Waals surface area contributed by atoms with Crippen LogP contribution in [0.2, 0.25) is 0 Å². The highest BCUT2D eigenvalue weighted by molar-refractivity contribution is 6.25. The summed E-state index contributed by atoms with van der Waals surface area (Å²) >= 11 is 5.50. The molecule has 0 unspecified atom stereocenters. The number of ether oxygens (including phenoxy) is 1. The van der Waals surface area contributed by atoms with Crippen molar-refractivity contribution in [2.45, 2.75) is 13.3 Å². The average molecular weight is 244 g/mol. The van der Waals surface area contributed by atoms with Crippen LogP contribution in [0.25, 0.3) is 0 Å². The fourth-order valence-electron chi connectivity index (χ4n) is 1.24. The Hall–Kier alpha value is -1.06. The van der Waals surface area contributed by atoms with Crippen LogP contribution in [-0.4, -0.2) is 13.2 Å². The number of hydrogen-bond donors (Lipinski definition) is 1. The van der Waals surface area contributed by atoms with Gasteiger partial charge in [-0.25, -0.2) is 4.39 Å². The van der Waals surface area contributed by atoms with Crippen LogP contribution in [0.15, 0.2) is 29.3 Å². The Balaban J connectivity index is 2.72. The van der Waals surface area contributed by atoms with E-state index in [1.165, 1.54) is 17.7 Å². The first-order valence-electron chi connectivity index (χ1n) is 5.04. The first-order valence-corrected chi connectivity index (χ1v) is 5.47. The van der Waals surface area contributed by atoms with Crippen molar-refractivity contribution in [2.24, 2.45) is 5.73 Å². The third kappa shape index (κ3) is 4.21. The van der Waals surface area contributed by atoms with Crippen molar-refractivity contribution < 1.29 is 9.13 Å². The summed E-state index contributed by atoms with van der Waals surface area (Å²) in [5.74, 6) is 0.190. The van der Waals surface area contributed by atoms with Gasteiger partial charge in [0.05, 0.1) is 0 Å². The number of nitrogens with two attached hydrogens (primary N) is 1. The minimum absolute atomic E-state index is 0.312. The second-order valence-corrected chi connectivity index (χ2v) is 3.80. The van der Waals surface area contributed by atoms with E-state index in [4.69, 9.17) is 22.1 Å². The Morgan fingerprint density at radius 1 is 1.50 bits per heavy atom. The van der Waals surface area contributed by atoms with Gasteiger partial charge in [0.1, 0.15) is 18.2 Å². The monoisotopic (exact) mass is 243 g/mol. The fraction of sp³-hybridized carbons (Fsp3) is 0.333. The molecule has 0 aliphatic heterocycles. The van der Waals surface area contributed by atoms with Gasteiger partial charge in [0.25, 0.3) is 0 Å². The largest absolute Gasteiger partial charge is 0.489 e. The Labute approximate surface area is 99.9 Å². The summed E-state index contributed by atoms with van der Waals surface area (Å²) in [4.78, 5) is 0. The predicted octanol–water partition coefficient (Wildman–Crippen LogP) is 2.85. The smallest absolute Gasteiger partial charge is 0.127 e. The van der Waals surface area contributed by atoms with Crippen molar-refractivity contribution in [1.29, 1.82) is 0 Å². The van der Waals surface area contributed by atoms with E-state index < -0.39 is 0 Å². The first kappa shape index (κ1) is 13.0. The Morgan fingerprint density at radius 3 is 2.88 bits per heavy atom. The van der Waals surface area contributed by atoms with Gasteiger partial charge in [-0.05, 0) is 43.2 Å². The molecule has 2 N–H and O–H groups in total. The molecule has 0 heterocycles. The van der Waals surface area contributed by atoms with Crippen LogP contribution in [-0.2, 0) is 6.42 Å². The molecule has 0 aromatic heterocycles. The third-order valence-corrected chi connectivity index (χ3v) is 2.39. The molecule has 1 aromatic rings. The van der Waals surface area contributed by atoms with Crippen molar-refractivity contribution in [3.8, 4) is 5.75 Å². The molecule has 0 aliphatic rings. The second kappa shape index (κ2) is 6.51. The quantitative estimate of drug-likeness (QED) is 0.863. The SMILES string of the molecule is C/C(=C/Cl)COc1cc(F)cc(CCN)c1. The molecule has 0 atom stereocenters. The van der Waals surface area contributed by atoms with E-state index in [9.17, 15) is 4.39 Å². The standard InChI is InChI=1S/C12H15ClFNO/c1-9(7-13)8-16-12-5-10(2-3-15)4-11(14)6-12/h4-7H,2-3,8,15H2,1H3/b9-7-. The highest BCUT2D eigenvalue weighted by Crippen LogP contribution is 2.17. The topological polar surface area (TPSA) is 35.2 Å². The third-order valence-electron chi connectivity index (χ3n) is 2.02. The molecule has 0 radical (unpaired) electrons. The van der Waals surface area contributed by atoms with E-state index in [1.54, 1.807) is 6.07 Å². The summed E-state index contributed by atoms with van der Waals surface area (Å²) < 4.78 is 18.6. The van der Waals surface area contributed by atoms with E-state index in [1.807, 2.05) is 6.92 Å². The molecular formula is C12H15ClFNO. The van der Waals surface area contributed by atoms with E-state index in [-0.39, 0.29) is 5.82 Å². The van der Waals surface area contributed by atoms with Crippen LogP contribution < -0.4 is 10.5 Å². The molecule has 16 heavy (non-hydrogen) atoms. The zero-order chi connectivity index (χ0) is 12.0. The van der Waals surface area contributed by atoms with Gasteiger partial charge in [0.15, 0.2) is 0 Å². The molecule has 4 heteroatoms. The molecule has 0 saturated heterocycles. The summed E-state index contributed by atoms with van der Waals surface area (Å²) in [6, 6.07) is 4.60. The van der Waals surface area contributed by atoms with Crippen LogP contribution in [0.4, 0.5) is 4.39 Å². The highest BCUT2D eigenvalue weighted by Gasteiger charge is 2.01. The van der Waals surface area contributed by atoms with Crippen LogP contribution in [0.3, 0.4) is 0 Å². The summed E-state index contributed by atoms with van der Waals surface area (Å²) in [6.07, 6.45) is 0.637. The summed E-state index contributed by atoms with van der Waals surface area (Å²) in [5, 5.41) is 0. The molecule has 2 nitrogen and oxygen atoms in total. The second-order valence-electron chi connectivity index (χ2n) is 3.58. The van der Waals surface area contributed by atoms with Crippen LogP contribution >= 0.6 is 11.6 Å². The lowest BCUT2D eigenvalue weighted by Gasteiger charge is -2.08. The summed E-state index contributed by atoms with van der Waals surface area (Å²) in [5.41, 5.74) is 8.58. The summed E-state index contributed by atoms with van der Waals surface area (Å²) in [7, 11) is 0. The Morgan fingerprint density at radius 2 is 2.25 bits per heavy atom. The highest BCUT2D eigenvalue weighted by atomic mass is 35.5. The number of halogens is 2. The van der Waals surface area contributed by atoms with Gasteiger partial charge >= 0.3 is 0 Å². The average Bonchev–Trinajstić information content (AvgIpc) is 2.25. The van der Waals surface area contributed by atoms with Crippen LogP contribution in [0, 0.1) is 5.82 Å². The van der Waals surface area contributed by atoms with Gasteiger partial charge in [-0.1, -0.05) is 11.6 Å². The molecule has 0 amide bonds. The Kier molecular flexibility index (Phi) is 5.29. The van der Waals surface area contributed by atoms with E-state index in [0.29, 0.717) is 25.3 Å². The zero-order valence-electron chi connectivity index (χ0n) is 9.17. The molecule has 0 fully saturated rings. The Bertz CT molecular complexity index is 379. The summed E-state index contributed by atoms with van der Waals surface area (Å²) in [6.45, 7) is 2.69. The van der Waals surface area contributed by atoms with Gasteiger partial charge in [-0.3, -0.25) is 0 Å². The minimum Gasteiger partial charge on any atom is -0.489 e. The number of rotatable bonds is 5. The van der Waals surface area contributed by atoms with E-state index in [2.05, 4.69) is 0 Å². The molecule has 1 aromatic carbocycles. The van der Waals surface area contributed by atoms with Crippen molar-refractivity contribution in [3.63, 3.8) is 0 Å². The molecule has 88 valence electrons. The van der Waals surface area contributed by atoms with Gasteiger partial charge in [-0.2, -0.15) is 0 Å². The molecule has 0 bridgehead atoms. The predicted molar refractivity (Wildman–Crippen MR) is 64.3 cm³/mol. The number of benzene rings is 1. The first-order chi connectivity index (χ1) is 7.65. The normalized spacial score (nSPS) is 11.6. The fourth-order valence-corrected chi connectivity index (χ4v) is 1.31. The van der Waals surface area contributed by atoms with Crippen molar-refractivity contribution in [2.75, 3.05) is 13.2 Å². The maximum absolute atomic E-state index is 13.2. The van der Waals surface area contributed by atoms with Crippen LogP contribution in [0.5, 0.6) is 5.75 Å². The molecular weight excluding hydrogens is 229 g/mol. The molecule has 0 spiro atoms. The molecule has 1 rings (SSSR count). The molecule has 0 saturated carbocycles. The molecule has 0 aliphatic carbocycles. The number of hydrogen-bond acceptors (Lipinski definition) is 2. The minimum atomic E-state index is -0.312. The van der Waals surface area contributed by atoms with Crippen molar-refractivity contribution in [3.05, 3.63) is 40.7 Å². The van der Waals surface area contributed by atoms with Crippen LogP contribution in [0.1, 0.15) is 12.5 Å². The van der Waals surface area contributed by atoms with E-state index in [0.717, 1.165) is 11.1 Å². The van der Waals surface area contributed by atoms with Gasteiger partial charge in [-0.15, -0.1) is 0 Å². The van der Waals surface area contributed by atoms with Crippen molar-refractivity contribution >= 4 is 11.6 Å². The lowest BCUT2D eigenvalue weighted by atomic mass is 10.1. The van der Waals surface area contributed by atoms with E-state index >= 15 is 0 Å². The lowest BCUT2D eigenvalue weighted by Crippen LogP contribution is -2.04. The van der Waals surface area contributed by atoms with Gasteiger partial charge in [0, 0.05) is 11.6 Å². The van der Waals surface area contributed by atoms with Gasteiger partial charge < -0.3 is 10.5 Å². The lowest BCUT2D eigenvalue weighted by molar-refractivity contribution is 0.350. The van der Waals surface area contributed by atoms with Gasteiger partial charge in [0.2, 0.25) is 0 Å². The zero-order valence-corrected chi connectivity index (χ0v) is 9.93.